The zero-order valence-electron chi connectivity index (χ0n) is 26.1. The van der Waals surface area contributed by atoms with Crippen LogP contribution in [0.25, 0.3) is 0 Å². The first-order valence-electron chi connectivity index (χ1n) is 16.4. The van der Waals surface area contributed by atoms with Crippen LogP contribution >= 0.6 is 0 Å². The molecule has 0 aliphatic rings. The fourth-order valence-corrected chi connectivity index (χ4v) is 4.51. The molecule has 3 nitrogen and oxygen atoms in total. The van der Waals surface area contributed by atoms with Crippen molar-refractivity contribution in [2.45, 2.75) is 188 Å². The van der Waals surface area contributed by atoms with Gasteiger partial charge in [-0.05, 0) is 38.0 Å². The van der Waals surface area contributed by atoms with Crippen LogP contribution in [0.15, 0.2) is 0 Å². The maximum absolute atomic E-state index is 9.68. The molecular formula is C34H68O3. The van der Waals surface area contributed by atoms with Gasteiger partial charge in [-0.25, -0.2) is 0 Å². The quantitative estimate of drug-likeness (QED) is 0.0873. The fraction of sp³-hybridized carbons (Fsp3) is 0.941. The molecular weight excluding hydrogens is 456 g/mol. The summed E-state index contributed by atoms with van der Waals surface area (Å²) in [5.41, 5.74) is -1.05. The number of unbranched alkanes of at least 4 members (excludes halogenated alkanes) is 19. The Labute approximate surface area is 233 Å². The lowest BCUT2D eigenvalue weighted by Gasteiger charge is -2.24. The van der Waals surface area contributed by atoms with E-state index in [0.717, 1.165) is 32.5 Å². The van der Waals surface area contributed by atoms with Crippen molar-refractivity contribution < 1.29 is 14.9 Å². The first-order chi connectivity index (χ1) is 18.0. The minimum atomic E-state index is -1.05. The average Bonchev–Trinajstić information content (AvgIpc) is 2.88. The van der Waals surface area contributed by atoms with Crippen molar-refractivity contribution in [3.05, 3.63) is 0 Å². The summed E-state index contributed by atoms with van der Waals surface area (Å²) < 4.78 is 5.78. The van der Waals surface area contributed by atoms with Crippen LogP contribution < -0.4 is 0 Å². The van der Waals surface area contributed by atoms with E-state index in [1.165, 1.54) is 128 Å². The van der Waals surface area contributed by atoms with E-state index in [4.69, 9.17) is 9.84 Å². The molecule has 2 atom stereocenters. The molecule has 37 heavy (non-hydrogen) atoms. The van der Waals surface area contributed by atoms with E-state index < -0.39 is 5.60 Å². The summed E-state index contributed by atoms with van der Waals surface area (Å²) in [7, 11) is 0. The van der Waals surface area contributed by atoms with Crippen LogP contribution in [0.3, 0.4) is 0 Å². The molecule has 2 N–H and O–H groups in total. The molecule has 0 saturated heterocycles. The second kappa shape index (κ2) is 31.5. The van der Waals surface area contributed by atoms with Crippen LogP contribution in [0.5, 0.6) is 0 Å². The summed E-state index contributed by atoms with van der Waals surface area (Å²) in [6.07, 6.45) is 33.1. The summed E-state index contributed by atoms with van der Waals surface area (Å²) in [6.45, 7) is 12.3. The highest BCUT2D eigenvalue weighted by Gasteiger charge is 2.25. The molecule has 0 spiro atoms. The van der Waals surface area contributed by atoms with Crippen molar-refractivity contribution in [3.8, 4) is 12.0 Å². The lowest BCUT2D eigenvalue weighted by molar-refractivity contribution is 0.0584. The Balaban J connectivity index is 0. The molecule has 2 unspecified atom stereocenters. The molecule has 0 aliphatic heterocycles. The standard InChI is InChI=1S/C24H50O.C10H18O2/c1-3-5-7-9-11-13-15-17-19-21-23-25-24-22-20-18-16-14-12-10-8-6-4-2;1-4-5-6-9(2)10(3,12)7-8-11/h3-24H2,1-2H3;9,11-12H,4-6H2,1-3H3. The van der Waals surface area contributed by atoms with Gasteiger partial charge in [-0.15, -0.1) is 0 Å². The van der Waals surface area contributed by atoms with Gasteiger partial charge in [0.05, 0.1) is 0 Å². The lowest BCUT2D eigenvalue weighted by Crippen LogP contribution is -2.30. The van der Waals surface area contributed by atoms with Gasteiger partial charge in [0, 0.05) is 13.2 Å². The third-order valence-corrected chi connectivity index (χ3v) is 7.54. The molecule has 0 aromatic carbocycles. The Morgan fingerprint density at radius 3 is 1.22 bits per heavy atom. The van der Waals surface area contributed by atoms with Crippen LogP contribution in [0.2, 0.25) is 0 Å². The van der Waals surface area contributed by atoms with E-state index in [1.54, 1.807) is 13.0 Å². The monoisotopic (exact) mass is 525 g/mol. The minimum absolute atomic E-state index is 0.108. The predicted octanol–water partition coefficient (Wildman–Crippen LogP) is 10.7. The van der Waals surface area contributed by atoms with Crippen molar-refractivity contribution in [1.29, 1.82) is 0 Å². The third-order valence-electron chi connectivity index (χ3n) is 7.54. The molecule has 0 aliphatic carbocycles. The SMILES string of the molecule is CCCCC(C)C(C)(O)C#CO.CCCCCCCCCCCCOCCCCCCCCCCCC. The molecule has 0 amide bonds. The van der Waals surface area contributed by atoms with Crippen LogP contribution in [-0.2, 0) is 4.74 Å². The maximum Gasteiger partial charge on any atom is 0.128 e. The molecule has 3 heteroatoms. The van der Waals surface area contributed by atoms with Gasteiger partial charge in [-0.3, -0.25) is 0 Å². The fourth-order valence-electron chi connectivity index (χ4n) is 4.51. The molecule has 0 heterocycles. The first kappa shape index (κ1) is 38.4. The number of aliphatic hydroxyl groups excluding tert-OH is 1. The second-order valence-corrected chi connectivity index (χ2v) is 11.4. The maximum atomic E-state index is 9.68. The third kappa shape index (κ3) is 31.4. The van der Waals surface area contributed by atoms with Crippen LogP contribution in [0.4, 0.5) is 0 Å². The molecule has 0 radical (unpaired) electrons. The van der Waals surface area contributed by atoms with Gasteiger partial charge in [0.2, 0.25) is 0 Å². The van der Waals surface area contributed by atoms with Gasteiger partial charge in [0.15, 0.2) is 0 Å². The lowest BCUT2D eigenvalue weighted by atomic mass is 9.87. The van der Waals surface area contributed by atoms with E-state index in [0.29, 0.717) is 0 Å². The zero-order valence-corrected chi connectivity index (χ0v) is 26.1. The molecule has 0 saturated carbocycles. The highest BCUT2D eigenvalue weighted by Crippen LogP contribution is 2.21. The molecule has 0 aromatic rings. The Morgan fingerprint density at radius 2 is 0.892 bits per heavy atom. The molecule has 222 valence electrons. The van der Waals surface area contributed by atoms with Gasteiger partial charge >= 0.3 is 0 Å². The Morgan fingerprint density at radius 1 is 0.568 bits per heavy atom. The topological polar surface area (TPSA) is 49.7 Å². The Kier molecular flexibility index (Phi) is 32.7. The van der Waals surface area contributed by atoms with Crippen molar-refractivity contribution in [2.75, 3.05) is 13.2 Å². The smallest absolute Gasteiger partial charge is 0.128 e. The molecule has 0 bridgehead atoms. The summed E-state index contributed by atoms with van der Waals surface area (Å²) in [5.74, 6) is 2.50. The normalized spacial score (nSPS) is 13.2. The summed E-state index contributed by atoms with van der Waals surface area (Å²) >= 11 is 0. The average molecular weight is 525 g/mol. The Hall–Kier alpha value is -0.720. The number of aliphatic hydroxyl groups is 2. The van der Waals surface area contributed by atoms with Gasteiger partial charge in [-0.2, -0.15) is 0 Å². The Bertz CT molecular complexity index is 455. The van der Waals surface area contributed by atoms with Crippen molar-refractivity contribution in [2.24, 2.45) is 5.92 Å². The highest BCUT2D eigenvalue weighted by molar-refractivity contribution is 5.09. The number of rotatable bonds is 26. The molecule has 0 fully saturated rings. The molecule has 0 rings (SSSR count). The van der Waals surface area contributed by atoms with Crippen LogP contribution in [0.1, 0.15) is 182 Å². The first-order valence-corrected chi connectivity index (χ1v) is 16.4. The van der Waals surface area contributed by atoms with E-state index in [2.05, 4.69) is 26.7 Å². The van der Waals surface area contributed by atoms with Crippen molar-refractivity contribution >= 4 is 0 Å². The number of hydrogen-bond donors (Lipinski definition) is 2. The molecule has 0 aromatic heterocycles. The number of ether oxygens (including phenoxy) is 1. The van der Waals surface area contributed by atoms with Crippen molar-refractivity contribution in [3.63, 3.8) is 0 Å². The minimum Gasteiger partial charge on any atom is -0.462 e. The second-order valence-electron chi connectivity index (χ2n) is 11.4. The summed E-state index contributed by atoms with van der Waals surface area (Å²) in [4.78, 5) is 0. The number of hydrogen-bond acceptors (Lipinski definition) is 3. The largest absolute Gasteiger partial charge is 0.462 e. The van der Waals surface area contributed by atoms with Gasteiger partial charge < -0.3 is 14.9 Å². The van der Waals surface area contributed by atoms with E-state index in [1.807, 2.05) is 6.92 Å². The van der Waals surface area contributed by atoms with Crippen LogP contribution in [0, 0.1) is 17.9 Å². The predicted molar refractivity (Wildman–Crippen MR) is 164 cm³/mol. The zero-order chi connectivity index (χ0) is 27.9. The van der Waals surface area contributed by atoms with Gasteiger partial charge in [0.1, 0.15) is 11.7 Å². The summed E-state index contributed by atoms with van der Waals surface area (Å²) in [6, 6.07) is 0. The van der Waals surface area contributed by atoms with E-state index in [-0.39, 0.29) is 5.92 Å². The van der Waals surface area contributed by atoms with Crippen molar-refractivity contribution in [1.82, 2.24) is 0 Å². The van der Waals surface area contributed by atoms with Gasteiger partial charge in [-0.1, -0.05) is 156 Å². The van der Waals surface area contributed by atoms with Gasteiger partial charge in [0.25, 0.3) is 0 Å². The highest BCUT2D eigenvalue weighted by atomic mass is 16.5. The summed E-state index contributed by atoms with van der Waals surface area (Å²) in [5, 5.41) is 18.0. The van der Waals surface area contributed by atoms with Crippen LogP contribution in [-0.4, -0.2) is 29.0 Å². The van der Waals surface area contributed by atoms with E-state index >= 15 is 0 Å². The van der Waals surface area contributed by atoms with E-state index in [9.17, 15) is 5.11 Å².